The van der Waals surface area contributed by atoms with Crippen molar-refractivity contribution in [2.75, 3.05) is 11.4 Å². The van der Waals surface area contributed by atoms with Crippen LogP contribution in [-0.4, -0.2) is 11.5 Å². The minimum Gasteiger partial charge on any atom is -0.352 e. The molecule has 0 aliphatic carbocycles. The highest BCUT2D eigenvalue weighted by Crippen LogP contribution is 2.26. The van der Waals surface area contributed by atoms with Gasteiger partial charge in [0, 0.05) is 25.3 Å². The number of aromatic nitrogens is 1. The van der Waals surface area contributed by atoms with E-state index in [-0.39, 0.29) is 6.04 Å². The first-order valence-electron chi connectivity index (χ1n) is 7.19. The zero-order chi connectivity index (χ0) is 14.1. The van der Waals surface area contributed by atoms with Crippen molar-refractivity contribution in [1.82, 2.24) is 4.98 Å². The molecule has 3 heteroatoms. The van der Waals surface area contributed by atoms with Gasteiger partial charge in [0.25, 0.3) is 0 Å². The van der Waals surface area contributed by atoms with Crippen molar-refractivity contribution in [3.05, 3.63) is 58.8 Å². The molecule has 104 valence electrons. The second-order valence-electron chi connectivity index (χ2n) is 5.64. The molecule has 0 radical (unpaired) electrons. The number of hydrogen-bond acceptors (Lipinski definition) is 3. The standard InChI is InChI=1S/C17H21N3/c1-12-9-16(13(2)18)10-19-17(12)20-8-7-14-5-3-4-6-15(14)11-20/h3-6,9-10,13H,7-8,11,18H2,1-2H3/t13-/m1/s1. The van der Waals surface area contributed by atoms with Crippen molar-refractivity contribution in [2.24, 2.45) is 5.73 Å². The molecule has 0 saturated heterocycles. The molecule has 3 rings (SSSR count). The Balaban J connectivity index is 1.88. The predicted octanol–water partition coefficient (Wildman–Crippen LogP) is 2.97. The molecule has 1 aliphatic heterocycles. The highest BCUT2D eigenvalue weighted by Gasteiger charge is 2.18. The highest BCUT2D eigenvalue weighted by atomic mass is 15.2. The van der Waals surface area contributed by atoms with Crippen LogP contribution >= 0.6 is 0 Å². The van der Waals surface area contributed by atoms with Crippen molar-refractivity contribution in [3.63, 3.8) is 0 Å². The predicted molar refractivity (Wildman–Crippen MR) is 82.8 cm³/mol. The van der Waals surface area contributed by atoms with Crippen LogP contribution in [0, 0.1) is 6.92 Å². The van der Waals surface area contributed by atoms with E-state index in [0.717, 1.165) is 30.9 Å². The maximum absolute atomic E-state index is 5.92. The third-order valence-corrected chi connectivity index (χ3v) is 4.03. The van der Waals surface area contributed by atoms with Gasteiger partial charge in [-0.2, -0.15) is 0 Å². The van der Waals surface area contributed by atoms with Crippen LogP contribution in [0.5, 0.6) is 0 Å². The fraction of sp³-hybridized carbons (Fsp3) is 0.353. The van der Waals surface area contributed by atoms with E-state index in [1.807, 2.05) is 13.1 Å². The molecular weight excluding hydrogens is 246 g/mol. The van der Waals surface area contributed by atoms with Crippen molar-refractivity contribution in [3.8, 4) is 0 Å². The quantitative estimate of drug-likeness (QED) is 0.909. The highest BCUT2D eigenvalue weighted by molar-refractivity contribution is 5.50. The number of aryl methyl sites for hydroxylation is 1. The Hall–Kier alpha value is -1.87. The number of hydrogen-bond donors (Lipinski definition) is 1. The lowest BCUT2D eigenvalue weighted by atomic mass is 9.99. The van der Waals surface area contributed by atoms with Gasteiger partial charge in [-0.15, -0.1) is 0 Å². The Morgan fingerprint density at radius 2 is 2.00 bits per heavy atom. The van der Waals surface area contributed by atoms with Gasteiger partial charge >= 0.3 is 0 Å². The van der Waals surface area contributed by atoms with Crippen LogP contribution in [0.15, 0.2) is 36.5 Å². The lowest BCUT2D eigenvalue weighted by Gasteiger charge is -2.31. The number of rotatable bonds is 2. The molecule has 20 heavy (non-hydrogen) atoms. The van der Waals surface area contributed by atoms with Gasteiger partial charge in [0.05, 0.1) is 0 Å². The molecule has 1 aromatic carbocycles. The Morgan fingerprint density at radius 1 is 1.25 bits per heavy atom. The molecule has 1 aliphatic rings. The first-order valence-corrected chi connectivity index (χ1v) is 7.19. The lowest BCUT2D eigenvalue weighted by Crippen LogP contribution is -2.31. The minimum absolute atomic E-state index is 0.0392. The fourth-order valence-corrected chi connectivity index (χ4v) is 2.85. The zero-order valence-corrected chi connectivity index (χ0v) is 12.1. The van der Waals surface area contributed by atoms with E-state index >= 15 is 0 Å². The summed E-state index contributed by atoms with van der Waals surface area (Å²) in [6.07, 6.45) is 3.00. The number of benzene rings is 1. The molecule has 2 heterocycles. The summed E-state index contributed by atoms with van der Waals surface area (Å²) in [5.41, 5.74) is 11.1. The maximum Gasteiger partial charge on any atom is 0.131 e. The van der Waals surface area contributed by atoms with Crippen LogP contribution < -0.4 is 10.6 Å². The summed E-state index contributed by atoms with van der Waals surface area (Å²) in [5, 5.41) is 0. The van der Waals surface area contributed by atoms with Gasteiger partial charge in [0.1, 0.15) is 5.82 Å². The van der Waals surface area contributed by atoms with E-state index in [2.05, 4.69) is 47.1 Å². The van der Waals surface area contributed by atoms with Gasteiger partial charge in [0.15, 0.2) is 0 Å². The summed E-state index contributed by atoms with van der Waals surface area (Å²) >= 11 is 0. The van der Waals surface area contributed by atoms with Crippen LogP contribution in [0.4, 0.5) is 5.82 Å². The smallest absolute Gasteiger partial charge is 0.131 e. The number of fused-ring (bicyclic) bond motifs is 1. The third kappa shape index (κ3) is 2.41. The van der Waals surface area contributed by atoms with Crippen molar-refractivity contribution in [1.29, 1.82) is 0 Å². The molecule has 0 saturated carbocycles. The normalized spacial score (nSPS) is 15.8. The first-order chi connectivity index (χ1) is 9.65. The number of nitrogens with two attached hydrogens (primary N) is 1. The molecule has 1 aromatic heterocycles. The van der Waals surface area contributed by atoms with E-state index in [4.69, 9.17) is 5.73 Å². The molecule has 1 atom stereocenters. The van der Waals surface area contributed by atoms with Gasteiger partial charge in [-0.3, -0.25) is 0 Å². The van der Waals surface area contributed by atoms with Gasteiger partial charge in [0.2, 0.25) is 0 Å². The van der Waals surface area contributed by atoms with Gasteiger partial charge in [-0.25, -0.2) is 4.98 Å². The summed E-state index contributed by atoms with van der Waals surface area (Å²) in [7, 11) is 0. The SMILES string of the molecule is Cc1cc([C@@H](C)N)cnc1N1CCc2ccccc2C1. The van der Waals surface area contributed by atoms with Crippen molar-refractivity contribution < 1.29 is 0 Å². The molecule has 0 fully saturated rings. The Morgan fingerprint density at radius 3 is 2.70 bits per heavy atom. The third-order valence-electron chi connectivity index (χ3n) is 4.03. The molecule has 0 amide bonds. The Kier molecular flexibility index (Phi) is 3.45. The Bertz CT molecular complexity index is 619. The Labute approximate surface area is 120 Å². The molecule has 0 spiro atoms. The summed E-state index contributed by atoms with van der Waals surface area (Å²) in [5.74, 6) is 1.09. The fourth-order valence-electron chi connectivity index (χ4n) is 2.85. The lowest BCUT2D eigenvalue weighted by molar-refractivity contribution is 0.715. The van der Waals surface area contributed by atoms with Crippen LogP contribution in [0.3, 0.4) is 0 Å². The summed E-state index contributed by atoms with van der Waals surface area (Å²) < 4.78 is 0. The number of pyridine rings is 1. The van der Waals surface area contributed by atoms with Crippen LogP contribution in [0.2, 0.25) is 0 Å². The monoisotopic (exact) mass is 267 g/mol. The van der Waals surface area contributed by atoms with Crippen LogP contribution in [0.1, 0.15) is 35.2 Å². The largest absolute Gasteiger partial charge is 0.352 e. The summed E-state index contributed by atoms with van der Waals surface area (Å²) in [4.78, 5) is 7.01. The molecule has 0 unspecified atom stereocenters. The van der Waals surface area contributed by atoms with Crippen LogP contribution in [0.25, 0.3) is 0 Å². The van der Waals surface area contributed by atoms with E-state index in [1.165, 1.54) is 16.7 Å². The van der Waals surface area contributed by atoms with Gasteiger partial charge in [-0.1, -0.05) is 24.3 Å². The average molecular weight is 267 g/mol. The second-order valence-corrected chi connectivity index (χ2v) is 5.64. The molecule has 0 bridgehead atoms. The van der Waals surface area contributed by atoms with E-state index in [9.17, 15) is 0 Å². The van der Waals surface area contributed by atoms with Gasteiger partial charge < -0.3 is 10.6 Å². The molecular formula is C17H21N3. The summed E-state index contributed by atoms with van der Waals surface area (Å²) in [6, 6.07) is 10.9. The zero-order valence-electron chi connectivity index (χ0n) is 12.1. The van der Waals surface area contributed by atoms with E-state index in [1.54, 1.807) is 0 Å². The minimum atomic E-state index is 0.0392. The maximum atomic E-state index is 5.92. The topological polar surface area (TPSA) is 42.1 Å². The first kappa shape index (κ1) is 13.1. The number of anilines is 1. The van der Waals surface area contributed by atoms with E-state index in [0.29, 0.717) is 0 Å². The molecule has 2 aromatic rings. The second kappa shape index (κ2) is 5.25. The van der Waals surface area contributed by atoms with Crippen LogP contribution in [-0.2, 0) is 13.0 Å². The van der Waals surface area contributed by atoms with Gasteiger partial charge in [-0.05, 0) is 48.6 Å². The van der Waals surface area contributed by atoms with Crippen molar-refractivity contribution >= 4 is 5.82 Å². The molecule has 3 nitrogen and oxygen atoms in total. The molecule has 2 N–H and O–H groups in total. The van der Waals surface area contributed by atoms with E-state index < -0.39 is 0 Å². The average Bonchev–Trinajstić information content (AvgIpc) is 2.46. The van der Waals surface area contributed by atoms with Crippen molar-refractivity contribution in [2.45, 2.75) is 32.9 Å². The summed E-state index contributed by atoms with van der Waals surface area (Å²) in [6.45, 7) is 6.09. The number of nitrogens with zero attached hydrogens (tertiary/aromatic N) is 2.